The molecule has 1 rings (SSSR count). The van der Waals surface area contributed by atoms with Gasteiger partial charge in [0.1, 0.15) is 0 Å². The third-order valence-corrected chi connectivity index (χ3v) is 4.16. The molecular formula is C14H30N2. The largest absolute Gasteiger partial charge is 0.317 e. The number of hydrogen-bond donors (Lipinski definition) is 1. The van der Waals surface area contributed by atoms with Gasteiger partial charge in [0, 0.05) is 12.1 Å². The quantitative estimate of drug-likeness (QED) is 0.749. The van der Waals surface area contributed by atoms with Crippen LogP contribution in [0.5, 0.6) is 0 Å². The van der Waals surface area contributed by atoms with Crippen LogP contribution >= 0.6 is 0 Å². The molecule has 0 saturated carbocycles. The van der Waals surface area contributed by atoms with Gasteiger partial charge < -0.3 is 10.2 Å². The summed E-state index contributed by atoms with van der Waals surface area (Å²) < 4.78 is 0. The van der Waals surface area contributed by atoms with Crippen LogP contribution < -0.4 is 5.32 Å². The Bertz CT molecular complexity index is 174. The minimum Gasteiger partial charge on any atom is -0.317 e. The van der Waals surface area contributed by atoms with Gasteiger partial charge >= 0.3 is 0 Å². The standard InChI is InChI=1S/C14H30N2/c1-5-6-14-7-9-16(10-8-14)13(3)11-12(2)15-4/h12-15H,5-11H2,1-4H3. The van der Waals surface area contributed by atoms with E-state index < -0.39 is 0 Å². The second kappa shape index (κ2) is 7.29. The molecule has 2 heteroatoms. The second-order valence-electron chi connectivity index (χ2n) is 5.54. The van der Waals surface area contributed by atoms with Crippen LogP contribution in [0.4, 0.5) is 0 Å². The fraction of sp³-hybridized carbons (Fsp3) is 1.00. The summed E-state index contributed by atoms with van der Waals surface area (Å²) in [7, 11) is 2.06. The predicted octanol–water partition coefficient (Wildman–Crippen LogP) is 2.89. The Morgan fingerprint density at radius 3 is 2.38 bits per heavy atom. The van der Waals surface area contributed by atoms with Gasteiger partial charge in [-0.3, -0.25) is 0 Å². The van der Waals surface area contributed by atoms with Crippen LogP contribution in [0.1, 0.15) is 52.9 Å². The van der Waals surface area contributed by atoms with Crippen LogP contribution in [0.15, 0.2) is 0 Å². The maximum Gasteiger partial charge on any atom is 0.00816 e. The molecule has 16 heavy (non-hydrogen) atoms. The minimum absolute atomic E-state index is 0.642. The maximum absolute atomic E-state index is 3.34. The number of likely N-dealkylation sites (tertiary alicyclic amines) is 1. The van der Waals surface area contributed by atoms with E-state index in [0.717, 1.165) is 12.0 Å². The molecule has 0 amide bonds. The van der Waals surface area contributed by atoms with Gasteiger partial charge in [0.25, 0.3) is 0 Å². The first-order valence-electron chi connectivity index (χ1n) is 7.08. The summed E-state index contributed by atoms with van der Waals surface area (Å²) in [5.74, 6) is 1.01. The van der Waals surface area contributed by atoms with Crippen molar-refractivity contribution in [3.63, 3.8) is 0 Å². The summed E-state index contributed by atoms with van der Waals surface area (Å²) in [5, 5.41) is 3.34. The van der Waals surface area contributed by atoms with Gasteiger partial charge in [-0.25, -0.2) is 0 Å². The summed E-state index contributed by atoms with van der Waals surface area (Å²) in [6.45, 7) is 9.61. The van der Waals surface area contributed by atoms with Crippen LogP contribution in [0.25, 0.3) is 0 Å². The van der Waals surface area contributed by atoms with E-state index in [1.807, 2.05) is 0 Å². The van der Waals surface area contributed by atoms with Gasteiger partial charge in [-0.2, -0.15) is 0 Å². The van der Waals surface area contributed by atoms with Crippen LogP contribution in [-0.2, 0) is 0 Å². The molecule has 0 aliphatic carbocycles. The molecule has 2 nitrogen and oxygen atoms in total. The van der Waals surface area contributed by atoms with Gasteiger partial charge in [0.05, 0.1) is 0 Å². The minimum atomic E-state index is 0.642. The van der Waals surface area contributed by atoms with E-state index in [4.69, 9.17) is 0 Å². The predicted molar refractivity (Wildman–Crippen MR) is 71.8 cm³/mol. The Balaban J connectivity index is 2.24. The fourth-order valence-electron chi connectivity index (χ4n) is 2.87. The van der Waals surface area contributed by atoms with Crippen LogP contribution in [-0.4, -0.2) is 37.1 Å². The van der Waals surface area contributed by atoms with E-state index in [1.54, 1.807) is 0 Å². The van der Waals surface area contributed by atoms with E-state index in [9.17, 15) is 0 Å². The van der Waals surface area contributed by atoms with E-state index >= 15 is 0 Å². The molecule has 1 aliphatic heterocycles. The average molecular weight is 226 g/mol. The first-order chi connectivity index (χ1) is 7.67. The zero-order chi connectivity index (χ0) is 12.0. The summed E-state index contributed by atoms with van der Waals surface area (Å²) in [6.07, 6.45) is 6.92. The van der Waals surface area contributed by atoms with E-state index in [1.165, 1.54) is 45.2 Å². The maximum atomic E-state index is 3.34. The first-order valence-corrected chi connectivity index (χ1v) is 7.08. The molecule has 1 saturated heterocycles. The molecule has 2 unspecified atom stereocenters. The topological polar surface area (TPSA) is 15.3 Å². The van der Waals surface area contributed by atoms with Crippen molar-refractivity contribution in [3.05, 3.63) is 0 Å². The molecule has 0 radical (unpaired) electrons. The van der Waals surface area contributed by atoms with Gasteiger partial charge in [-0.05, 0) is 59.2 Å². The highest BCUT2D eigenvalue weighted by atomic mass is 15.2. The van der Waals surface area contributed by atoms with E-state index in [2.05, 4.69) is 38.0 Å². The Labute approximate surface area is 102 Å². The molecule has 0 aromatic rings. The molecular weight excluding hydrogens is 196 g/mol. The number of rotatable bonds is 6. The lowest BCUT2D eigenvalue weighted by molar-refractivity contribution is 0.126. The van der Waals surface area contributed by atoms with Crippen LogP contribution in [0.3, 0.4) is 0 Å². The Kier molecular flexibility index (Phi) is 6.37. The van der Waals surface area contributed by atoms with Crippen molar-refractivity contribution < 1.29 is 0 Å². The van der Waals surface area contributed by atoms with Crippen LogP contribution in [0.2, 0.25) is 0 Å². The molecule has 0 bridgehead atoms. The smallest absolute Gasteiger partial charge is 0.00816 e. The third-order valence-electron chi connectivity index (χ3n) is 4.16. The van der Waals surface area contributed by atoms with Gasteiger partial charge in [-0.15, -0.1) is 0 Å². The lowest BCUT2D eigenvalue weighted by atomic mass is 9.91. The zero-order valence-corrected chi connectivity index (χ0v) is 11.6. The van der Waals surface area contributed by atoms with Gasteiger partial charge in [0.2, 0.25) is 0 Å². The lowest BCUT2D eigenvalue weighted by Crippen LogP contribution is -2.42. The van der Waals surface area contributed by atoms with Crippen LogP contribution in [0, 0.1) is 5.92 Å². The second-order valence-corrected chi connectivity index (χ2v) is 5.54. The van der Waals surface area contributed by atoms with Crippen molar-refractivity contribution in [2.75, 3.05) is 20.1 Å². The molecule has 0 aromatic heterocycles. The molecule has 96 valence electrons. The molecule has 1 fully saturated rings. The lowest BCUT2D eigenvalue weighted by Gasteiger charge is -2.37. The fourth-order valence-corrected chi connectivity index (χ4v) is 2.87. The molecule has 0 spiro atoms. The van der Waals surface area contributed by atoms with Crippen molar-refractivity contribution in [1.29, 1.82) is 0 Å². The molecule has 1 aliphatic rings. The highest BCUT2D eigenvalue weighted by molar-refractivity contribution is 4.78. The normalized spacial score (nSPS) is 23.2. The molecule has 1 N–H and O–H groups in total. The third kappa shape index (κ3) is 4.42. The van der Waals surface area contributed by atoms with Crippen molar-refractivity contribution in [1.82, 2.24) is 10.2 Å². The zero-order valence-electron chi connectivity index (χ0n) is 11.6. The molecule has 2 atom stereocenters. The summed E-state index contributed by atoms with van der Waals surface area (Å²) in [4.78, 5) is 2.68. The summed E-state index contributed by atoms with van der Waals surface area (Å²) in [6, 6.07) is 1.38. The van der Waals surface area contributed by atoms with E-state index in [-0.39, 0.29) is 0 Å². The average Bonchev–Trinajstić information content (AvgIpc) is 2.30. The number of nitrogens with one attached hydrogen (secondary N) is 1. The number of hydrogen-bond acceptors (Lipinski definition) is 2. The first kappa shape index (κ1) is 14.0. The molecule has 0 aromatic carbocycles. The number of piperidine rings is 1. The van der Waals surface area contributed by atoms with E-state index in [0.29, 0.717) is 6.04 Å². The Morgan fingerprint density at radius 2 is 1.88 bits per heavy atom. The summed E-state index contributed by atoms with van der Waals surface area (Å²) >= 11 is 0. The van der Waals surface area contributed by atoms with Crippen molar-refractivity contribution in [3.8, 4) is 0 Å². The Morgan fingerprint density at radius 1 is 1.25 bits per heavy atom. The summed E-state index contributed by atoms with van der Waals surface area (Å²) in [5.41, 5.74) is 0. The van der Waals surface area contributed by atoms with Crippen molar-refractivity contribution >= 4 is 0 Å². The number of nitrogens with zero attached hydrogens (tertiary/aromatic N) is 1. The van der Waals surface area contributed by atoms with Crippen molar-refractivity contribution in [2.45, 2.75) is 65.0 Å². The Hall–Kier alpha value is -0.0800. The SMILES string of the molecule is CCCC1CCN(C(C)CC(C)NC)CC1. The monoisotopic (exact) mass is 226 g/mol. The van der Waals surface area contributed by atoms with Gasteiger partial charge in [-0.1, -0.05) is 19.8 Å². The van der Waals surface area contributed by atoms with Crippen molar-refractivity contribution in [2.24, 2.45) is 5.92 Å². The van der Waals surface area contributed by atoms with Gasteiger partial charge in [0.15, 0.2) is 0 Å². The molecule has 1 heterocycles. The highest BCUT2D eigenvalue weighted by Crippen LogP contribution is 2.23. The highest BCUT2D eigenvalue weighted by Gasteiger charge is 2.22.